The van der Waals surface area contributed by atoms with E-state index in [-0.39, 0.29) is 46.9 Å². The van der Waals surface area contributed by atoms with Crippen molar-refractivity contribution in [2.24, 2.45) is 0 Å². The van der Waals surface area contributed by atoms with Crippen LogP contribution in [0.3, 0.4) is 0 Å². The predicted molar refractivity (Wildman–Crippen MR) is 547 cm³/mol. The molecule has 0 saturated heterocycles. The summed E-state index contributed by atoms with van der Waals surface area (Å²) in [6.07, 6.45) is 75.2. The Labute approximate surface area is 807 Å². The van der Waals surface area contributed by atoms with Gasteiger partial charge in [-0.2, -0.15) is 0 Å². The summed E-state index contributed by atoms with van der Waals surface area (Å²) >= 11 is 0. The molecule has 0 amide bonds. The first-order valence-electron chi connectivity index (χ1n) is 51.9. The van der Waals surface area contributed by atoms with E-state index in [1.54, 1.807) is 24.3 Å². The van der Waals surface area contributed by atoms with E-state index < -0.39 is 40.5 Å². The zero-order chi connectivity index (χ0) is 92.9. The van der Waals surface area contributed by atoms with Crippen molar-refractivity contribution in [1.82, 2.24) is 0 Å². The molecule has 0 heterocycles. The fraction of sp³-hybridized carbons (Fsp3) is 0.643. The van der Waals surface area contributed by atoms with Gasteiger partial charge in [-0.3, -0.25) is 0 Å². The van der Waals surface area contributed by atoms with E-state index in [1.165, 1.54) is 305 Å². The average molecular weight is 2050 g/mol. The van der Waals surface area contributed by atoms with Crippen molar-refractivity contribution >= 4 is 111 Å². The maximum absolute atomic E-state index is 12.0. The van der Waals surface area contributed by atoms with E-state index in [0.29, 0.717) is 25.7 Å². The SMILES string of the molecule is CCCCCCCCCc1cccc2c(CCCCCCCCC)c(S(=O)(=O)[O-])ccc12.CCCCCCCCCc1cccc2c(CCCCCCCCC)c(S(=O)(=O)[O-])ccc12.CCCCCCCCCc1cccc2c(CCCCCCCCC)c(S(=O)(=O)[O-])ccc12.CCCCCCCCCc1cccc2c(CCCCCCCCC)c(S(=O)(=O)[O-])ccc12.[Pb]. The minimum atomic E-state index is -4.47. The Morgan fingerprint density at radius 1 is 0.163 bits per heavy atom. The van der Waals surface area contributed by atoms with E-state index in [0.717, 1.165) is 168 Å². The number of fused-ring (bicyclic) bond motifs is 4. The van der Waals surface area contributed by atoms with Gasteiger partial charge in [0.25, 0.3) is 0 Å². The first-order chi connectivity index (χ1) is 61.9. The number of benzene rings is 8. The molecular formula is C112H172O12PbS4-4. The van der Waals surface area contributed by atoms with Crippen molar-refractivity contribution in [3.8, 4) is 0 Å². The normalized spacial score (nSPS) is 11.9. The molecule has 8 aromatic carbocycles. The molecule has 8 rings (SSSR count). The fourth-order valence-electron chi connectivity index (χ4n) is 18.8. The molecule has 8 aromatic rings. The largest absolute Gasteiger partial charge is 0.744 e. The Hall–Kier alpha value is -4.64. The van der Waals surface area contributed by atoms with Gasteiger partial charge in [0.15, 0.2) is 0 Å². The summed E-state index contributed by atoms with van der Waals surface area (Å²) in [4.78, 5) is -0.0961. The third-order valence-electron chi connectivity index (χ3n) is 26.3. The molecule has 12 nitrogen and oxygen atoms in total. The molecule has 0 aliphatic rings. The van der Waals surface area contributed by atoms with Crippen LogP contribution in [0.25, 0.3) is 43.1 Å². The summed E-state index contributed by atoms with van der Waals surface area (Å²) in [5.41, 5.74) is 8.00. The van der Waals surface area contributed by atoms with E-state index in [2.05, 4.69) is 79.7 Å². The fourth-order valence-corrected chi connectivity index (χ4v) is 21.8. The first-order valence-corrected chi connectivity index (χ1v) is 57.6. The van der Waals surface area contributed by atoms with Crippen LogP contribution in [-0.4, -0.2) is 79.2 Å². The summed E-state index contributed by atoms with van der Waals surface area (Å²) in [6.45, 7) is 17.8. The standard InChI is InChI=1S/4C28H44O3S.Pb/c4*1-3-5-7-9-11-13-15-18-24-19-17-21-26-25(24)22-23-28(32(29,30)31)27(26)20-16-14-12-10-8-6-4-2;/h4*17,19,21-23H,3-16,18,20H2,1-2H3,(H,29,30,31);/p-4. The summed E-state index contributed by atoms with van der Waals surface area (Å²) in [6, 6.07) is 38.3. The Morgan fingerprint density at radius 3 is 0.434 bits per heavy atom. The van der Waals surface area contributed by atoms with Gasteiger partial charge in [0.05, 0.1) is 19.6 Å². The molecular weight excluding hydrogens is 1870 g/mol. The maximum atomic E-state index is 12.0. The third-order valence-corrected chi connectivity index (χ3v) is 30.0. The quantitative estimate of drug-likeness (QED) is 0.0197. The van der Waals surface area contributed by atoms with Crippen molar-refractivity contribution in [1.29, 1.82) is 0 Å². The van der Waals surface area contributed by atoms with Gasteiger partial charge in [0.2, 0.25) is 0 Å². The second kappa shape index (κ2) is 69.2. The van der Waals surface area contributed by atoms with Gasteiger partial charge in [0.1, 0.15) is 40.5 Å². The molecule has 0 spiro atoms. The van der Waals surface area contributed by atoms with E-state index in [9.17, 15) is 51.9 Å². The molecule has 0 N–H and O–H groups in total. The molecule has 0 fully saturated rings. The zero-order valence-corrected chi connectivity index (χ0v) is 89.0. The average Bonchev–Trinajstić information content (AvgIpc) is 0.791. The monoisotopic (exact) mass is 2050 g/mol. The first kappa shape index (κ1) is 117. The van der Waals surface area contributed by atoms with Gasteiger partial charge in [-0.15, -0.1) is 0 Å². The van der Waals surface area contributed by atoms with Gasteiger partial charge in [-0.05, 0) is 215 Å². The number of rotatable bonds is 68. The summed E-state index contributed by atoms with van der Waals surface area (Å²) < 4.78 is 143. The minimum absolute atomic E-state index is 0. The van der Waals surface area contributed by atoms with Crippen molar-refractivity contribution < 1.29 is 51.9 Å². The summed E-state index contributed by atoms with van der Waals surface area (Å²) in [7, 11) is -17.9. The number of aryl methyl sites for hydroxylation is 8. The molecule has 724 valence electrons. The predicted octanol–water partition coefficient (Wildman–Crippen LogP) is 32.9. The van der Waals surface area contributed by atoms with Crippen LogP contribution in [0, 0.1) is 0 Å². The van der Waals surface area contributed by atoms with Crippen LogP contribution < -0.4 is 0 Å². The van der Waals surface area contributed by atoms with Crippen molar-refractivity contribution in [3.05, 3.63) is 166 Å². The van der Waals surface area contributed by atoms with Gasteiger partial charge in [0, 0.05) is 27.3 Å². The number of unbranched alkanes of at least 4 members (excludes halogenated alkanes) is 48. The Kier molecular flexibility index (Phi) is 62.6. The van der Waals surface area contributed by atoms with Crippen LogP contribution in [0.2, 0.25) is 0 Å². The van der Waals surface area contributed by atoms with Crippen LogP contribution in [0.15, 0.2) is 141 Å². The van der Waals surface area contributed by atoms with Gasteiger partial charge >= 0.3 is 0 Å². The minimum Gasteiger partial charge on any atom is -0.744 e. The zero-order valence-electron chi connectivity index (χ0n) is 81.8. The van der Waals surface area contributed by atoms with Crippen molar-refractivity contribution in [2.75, 3.05) is 0 Å². The molecule has 0 aliphatic carbocycles. The third kappa shape index (κ3) is 45.7. The maximum Gasteiger partial charge on any atom is 0.124 e. The molecule has 0 aromatic heterocycles. The van der Waals surface area contributed by atoms with Crippen molar-refractivity contribution in [3.63, 3.8) is 0 Å². The van der Waals surface area contributed by atoms with E-state index in [4.69, 9.17) is 0 Å². The van der Waals surface area contributed by atoms with Crippen LogP contribution in [0.5, 0.6) is 0 Å². The van der Waals surface area contributed by atoms with Gasteiger partial charge in [-0.1, -0.05) is 461 Å². The molecule has 0 saturated carbocycles. The molecule has 129 heavy (non-hydrogen) atoms. The van der Waals surface area contributed by atoms with Gasteiger partial charge < -0.3 is 18.2 Å². The Morgan fingerprint density at radius 2 is 0.295 bits per heavy atom. The molecule has 4 radical (unpaired) electrons. The second-order valence-corrected chi connectivity index (χ2v) is 42.4. The molecule has 0 atom stereocenters. The van der Waals surface area contributed by atoms with E-state index >= 15 is 0 Å². The number of hydrogen-bond acceptors (Lipinski definition) is 12. The molecule has 17 heteroatoms. The Balaban J connectivity index is 0.000000359. The smallest absolute Gasteiger partial charge is 0.124 e. The van der Waals surface area contributed by atoms with Crippen LogP contribution >= 0.6 is 0 Å². The van der Waals surface area contributed by atoms with Gasteiger partial charge in [-0.25, -0.2) is 33.7 Å². The summed E-state index contributed by atoms with van der Waals surface area (Å²) in [5.74, 6) is 0. The molecule has 0 aliphatic heterocycles. The van der Waals surface area contributed by atoms with E-state index in [1.807, 2.05) is 72.8 Å². The summed E-state index contributed by atoms with van der Waals surface area (Å²) in [5, 5.41) is 8.27. The van der Waals surface area contributed by atoms with Crippen LogP contribution in [0.4, 0.5) is 0 Å². The topological polar surface area (TPSA) is 229 Å². The Bertz CT molecular complexity index is 4220. The second-order valence-electron chi connectivity index (χ2n) is 37.0. The van der Waals surface area contributed by atoms with Crippen LogP contribution in [0.1, 0.15) is 459 Å². The number of hydrogen-bond donors (Lipinski definition) is 0. The van der Waals surface area contributed by atoms with Crippen LogP contribution in [-0.2, 0) is 91.8 Å². The van der Waals surface area contributed by atoms with Crippen molar-refractivity contribution in [2.45, 2.75) is 486 Å². The molecule has 0 bridgehead atoms. The molecule has 0 unspecified atom stereocenters.